The molecule has 1 aliphatic carbocycles. The minimum atomic E-state index is -3.41. The highest BCUT2D eigenvalue weighted by Gasteiger charge is 2.26. The first-order chi connectivity index (χ1) is 9.98. The van der Waals surface area contributed by atoms with Gasteiger partial charge in [-0.2, -0.15) is 0 Å². The second-order valence-corrected chi connectivity index (χ2v) is 8.19. The van der Waals surface area contributed by atoms with Crippen LogP contribution in [0, 0.1) is 5.92 Å². The number of hydrogen-bond acceptors (Lipinski definition) is 2. The van der Waals surface area contributed by atoms with Crippen molar-refractivity contribution < 1.29 is 8.42 Å². The zero-order valence-corrected chi connectivity index (χ0v) is 14.5. The fraction of sp³-hybridized carbons (Fsp3) is 0.733. The van der Waals surface area contributed by atoms with E-state index in [4.69, 9.17) is 11.6 Å². The average Bonchev–Trinajstić information content (AvgIpc) is 2.92. The molecule has 0 N–H and O–H groups in total. The molecule has 0 aliphatic heterocycles. The van der Waals surface area contributed by atoms with Gasteiger partial charge in [-0.15, -0.1) is 11.6 Å². The van der Waals surface area contributed by atoms with Crippen molar-refractivity contribution in [2.45, 2.75) is 56.3 Å². The molecule has 6 heteroatoms. The van der Waals surface area contributed by atoms with Gasteiger partial charge >= 0.3 is 0 Å². The molecule has 0 aromatic carbocycles. The minimum absolute atomic E-state index is 0.329. The van der Waals surface area contributed by atoms with E-state index >= 15 is 0 Å². The number of sulfonamides is 1. The highest BCUT2D eigenvalue weighted by molar-refractivity contribution is 7.89. The zero-order chi connectivity index (χ0) is 15.5. The van der Waals surface area contributed by atoms with Gasteiger partial charge in [0, 0.05) is 32.0 Å². The summed E-state index contributed by atoms with van der Waals surface area (Å²) in [7, 11) is -1.72. The smallest absolute Gasteiger partial charge is 0.244 e. The molecule has 1 saturated carbocycles. The van der Waals surface area contributed by atoms with Gasteiger partial charge < -0.3 is 4.57 Å². The van der Waals surface area contributed by atoms with E-state index in [1.54, 1.807) is 19.3 Å². The van der Waals surface area contributed by atoms with Crippen LogP contribution in [0.1, 0.15) is 44.7 Å². The Labute approximate surface area is 133 Å². The second kappa shape index (κ2) is 7.16. The third-order valence-corrected chi connectivity index (χ3v) is 6.45. The van der Waals surface area contributed by atoms with Crippen molar-refractivity contribution in [1.29, 1.82) is 0 Å². The molecular formula is C15H25ClN2O2S. The number of nitrogens with zero attached hydrogens (tertiary/aromatic N) is 2. The molecule has 0 unspecified atom stereocenters. The Morgan fingerprint density at radius 1 is 1.33 bits per heavy atom. The first-order valence-corrected chi connectivity index (χ1v) is 9.67. The number of aromatic nitrogens is 1. The van der Waals surface area contributed by atoms with E-state index in [9.17, 15) is 8.42 Å². The Morgan fingerprint density at radius 3 is 2.52 bits per heavy atom. The molecule has 0 atom stereocenters. The molecule has 1 aliphatic rings. The molecule has 0 radical (unpaired) electrons. The fourth-order valence-electron chi connectivity index (χ4n) is 3.08. The Bertz CT molecular complexity index is 541. The van der Waals surface area contributed by atoms with Crippen molar-refractivity contribution in [2.75, 3.05) is 13.6 Å². The van der Waals surface area contributed by atoms with Crippen LogP contribution in [0.15, 0.2) is 17.2 Å². The Hall–Kier alpha value is -0.520. The van der Waals surface area contributed by atoms with E-state index in [2.05, 4.69) is 0 Å². The SMILES string of the molecule is CCn1cc(S(=O)(=O)N(C)CC2CCCCC2)cc1CCl. The van der Waals surface area contributed by atoms with Gasteiger partial charge in [-0.3, -0.25) is 0 Å². The molecule has 1 aromatic rings. The molecule has 1 aromatic heterocycles. The van der Waals surface area contributed by atoms with E-state index in [1.165, 1.54) is 23.6 Å². The maximum absolute atomic E-state index is 12.7. The second-order valence-electron chi connectivity index (χ2n) is 5.88. The van der Waals surface area contributed by atoms with Crippen molar-refractivity contribution in [3.05, 3.63) is 18.0 Å². The predicted molar refractivity (Wildman–Crippen MR) is 86.1 cm³/mol. The van der Waals surface area contributed by atoms with Crippen molar-refractivity contribution in [1.82, 2.24) is 8.87 Å². The number of rotatable bonds is 6. The van der Waals surface area contributed by atoms with Gasteiger partial charge in [-0.05, 0) is 31.7 Å². The molecule has 21 heavy (non-hydrogen) atoms. The van der Waals surface area contributed by atoms with Crippen LogP contribution >= 0.6 is 11.6 Å². The van der Waals surface area contributed by atoms with Gasteiger partial charge in [0.25, 0.3) is 0 Å². The van der Waals surface area contributed by atoms with Crippen LogP contribution in [0.5, 0.6) is 0 Å². The molecule has 120 valence electrons. The van der Waals surface area contributed by atoms with Crippen LogP contribution in [0.3, 0.4) is 0 Å². The summed E-state index contributed by atoms with van der Waals surface area (Å²) in [4.78, 5) is 0.360. The summed E-state index contributed by atoms with van der Waals surface area (Å²) in [5.74, 6) is 0.828. The summed E-state index contributed by atoms with van der Waals surface area (Å²) >= 11 is 5.88. The van der Waals surface area contributed by atoms with Crippen LogP contribution in [-0.4, -0.2) is 30.9 Å². The maximum atomic E-state index is 12.7. The van der Waals surface area contributed by atoms with Crippen molar-refractivity contribution in [3.63, 3.8) is 0 Å². The van der Waals surface area contributed by atoms with Gasteiger partial charge in [0.15, 0.2) is 0 Å². The molecular weight excluding hydrogens is 308 g/mol. The number of halogens is 1. The van der Waals surface area contributed by atoms with Crippen molar-refractivity contribution in [2.24, 2.45) is 5.92 Å². The summed E-state index contributed by atoms with van der Waals surface area (Å²) < 4.78 is 28.8. The number of hydrogen-bond donors (Lipinski definition) is 0. The summed E-state index contributed by atoms with van der Waals surface area (Å²) in [5, 5.41) is 0. The van der Waals surface area contributed by atoms with E-state index in [0.29, 0.717) is 23.2 Å². The highest BCUT2D eigenvalue weighted by atomic mass is 35.5. The van der Waals surface area contributed by atoms with E-state index < -0.39 is 10.0 Å². The molecule has 0 spiro atoms. The quantitative estimate of drug-likeness (QED) is 0.749. The molecule has 2 rings (SSSR count). The Balaban J connectivity index is 2.14. The highest BCUT2D eigenvalue weighted by Crippen LogP contribution is 2.26. The predicted octanol–water partition coefficient (Wildman–Crippen LogP) is 3.45. The van der Waals surface area contributed by atoms with Crippen molar-refractivity contribution >= 4 is 21.6 Å². The van der Waals surface area contributed by atoms with Crippen LogP contribution in [0.25, 0.3) is 0 Å². The number of aryl methyl sites for hydroxylation is 1. The molecule has 1 heterocycles. The normalized spacial score (nSPS) is 17.5. The van der Waals surface area contributed by atoms with Gasteiger partial charge in [0.2, 0.25) is 10.0 Å². The summed E-state index contributed by atoms with van der Waals surface area (Å²) in [6.45, 7) is 3.33. The van der Waals surface area contributed by atoms with Gasteiger partial charge in [0.05, 0.1) is 5.88 Å². The van der Waals surface area contributed by atoms with Crippen LogP contribution in [0.2, 0.25) is 0 Å². The fourth-order valence-corrected chi connectivity index (χ4v) is 4.63. The molecule has 0 amide bonds. The Kier molecular flexibility index (Phi) is 5.74. The third kappa shape index (κ3) is 3.82. The van der Waals surface area contributed by atoms with Crippen LogP contribution in [0.4, 0.5) is 0 Å². The average molecular weight is 333 g/mol. The monoisotopic (exact) mass is 332 g/mol. The summed E-state index contributed by atoms with van der Waals surface area (Å²) in [6, 6.07) is 1.70. The topological polar surface area (TPSA) is 42.3 Å². The first-order valence-electron chi connectivity index (χ1n) is 7.70. The molecule has 4 nitrogen and oxygen atoms in total. The lowest BCUT2D eigenvalue weighted by Crippen LogP contribution is -2.32. The van der Waals surface area contributed by atoms with Crippen molar-refractivity contribution in [3.8, 4) is 0 Å². The lowest BCUT2D eigenvalue weighted by atomic mass is 9.89. The third-order valence-electron chi connectivity index (χ3n) is 4.39. The lowest BCUT2D eigenvalue weighted by molar-refractivity contribution is 0.300. The maximum Gasteiger partial charge on any atom is 0.244 e. The van der Waals surface area contributed by atoms with E-state index in [1.807, 2.05) is 11.5 Å². The lowest BCUT2D eigenvalue weighted by Gasteiger charge is -2.26. The summed E-state index contributed by atoms with van der Waals surface area (Å²) in [5.41, 5.74) is 0.851. The Morgan fingerprint density at radius 2 is 2.00 bits per heavy atom. The van der Waals surface area contributed by atoms with Gasteiger partial charge in [-0.25, -0.2) is 12.7 Å². The first kappa shape index (κ1) is 16.8. The minimum Gasteiger partial charge on any atom is -0.349 e. The molecule has 0 bridgehead atoms. The largest absolute Gasteiger partial charge is 0.349 e. The molecule has 1 fully saturated rings. The molecule has 0 saturated heterocycles. The summed E-state index contributed by atoms with van der Waals surface area (Å²) in [6.07, 6.45) is 7.71. The number of alkyl halides is 1. The van der Waals surface area contributed by atoms with Gasteiger partial charge in [-0.1, -0.05) is 19.3 Å². The van der Waals surface area contributed by atoms with E-state index in [-0.39, 0.29) is 0 Å². The zero-order valence-electron chi connectivity index (χ0n) is 12.9. The van der Waals surface area contributed by atoms with E-state index in [0.717, 1.165) is 25.1 Å². The van der Waals surface area contributed by atoms with Crippen LogP contribution in [-0.2, 0) is 22.4 Å². The standard InChI is InChI=1S/C15H25ClN2O2S/c1-3-18-12-15(9-14(18)10-16)21(19,20)17(2)11-13-7-5-4-6-8-13/h9,12-13H,3-8,10-11H2,1-2H3. The van der Waals surface area contributed by atoms with Gasteiger partial charge in [0.1, 0.15) is 4.90 Å². The van der Waals surface area contributed by atoms with Crippen LogP contribution < -0.4 is 0 Å².